The van der Waals surface area contributed by atoms with Gasteiger partial charge in [0.15, 0.2) is 23.2 Å². The van der Waals surface area contributed by atoms with E-state index in [1.165, 1.54) is 16.5 Å². The minimum absolute atomic E-state index is 0.116. The third kappa shape index (κ3) is 4.89. The Hall–Kier alpha value is -2.27. The van der Waals surface area contributed by atoms with E-state index < -0.39 is 31.1 Å². The van der Waals surface area contributed by atoms with Gasteiger partial charge in [-0.05, 0) is 39.0 Å². The second-order valence-electron chi connectivity index (χ2n) is 8.05. The van der Waals surface area contributed by atoms with Crippen molar-refractivity contribution >= 4 is 17.0 Å². The molecule has 30 heavy (non-hydrogen) atoms. The highest BCUT2D eigenvalue weighted by Crippen LogP contribution is 2.32. The maximum atomic E-state index is 10.3. The molecule has 0 radical (unpaired) electrons. The first kappa shape index (κ1) is 22.4. The molecule has 1 aliphatic rings. The number of anilines is 1. The minimum Gasteiger partial charge on any atom is -0.463 e. The van der Waals surface area contributed by atoms with Gasteiger partial charge < -0.3 is 30.5 Å². The summed E-state index contributed by atoms with van der Waals surface area (Å²) in [5.74, 6) is 0.642. The number of hydrogen-bond donors (Lipinski definition) is 4. The van der Waals surface area contributed by atoms with Gasteiger partial charge in [0.1, 0.15) is 18.3 Å². The second-order valence-corrected chi connectivity index (χ2v) is 8.05. The Morgan fingerprint density at radius 1 is 1.30 bits per heavy atom. The third-order valence-corrected chi connectivity index (χ3v) is 5.27. The molecular weight excluding hydrogens is 390 g/mol. The number of aliphatic hydroxyl groups excluding tert-OH is 3. The summed E-state index contributed by atoms with van der Waals surface area (Å²) in [5.41, 5.74) is 7.99. The van der Waals surface area contributed by atoms with Crippen molar-refractivity contribution in [3.63, 3.8) is 0 Å². The lowest BCUT2D eigenvalue weighted by Gasteiger charge is -2.17. The topological polar surface area (TPSA) is 149 Å². The molecule has 0 saturated carbocycles. The van der Waals surface area contributed by atoms with Crippen molar-refractivity contribution < 1.29 is 24.8 Å². The summed E-state index contributed by atoms with van der Waals surface area (Å²) in [4.78, 5) is 12.7. The molecule has 5 N–H and O–H groups in total. The number of aliphatic hydroxyl groups is 3. The van der Waals surface area contributed by atoms with Crippen molar-refractivity contribution in [2.24, 2.45) is 5.92 Å². The summed E-state index contributed by atoms with van der Waals surface area (Å²) in [6.07, 6.45) is 2.29. The zero-order chi connectivity index (χ0) is 21.8. The van der Waals surface area contributed by atoms with Gasteiger partial charge in [0.25, 0.3) is 0 Å². The number of fused-ring (bicyclic) bond motifs is 1. The average molecular weight is 421 g/mol. The molecule has 3 rings (SSSR count). The van der Waals surface area contributed by atoms with Crippen LogP contribution in [0.5, 0.6) is 6.01 Å². The van der Waals surface area contributed by atoms with Crippen molar-refractivity contribution in [2.75, 3.05) is 18.9 Å². The summed E-state index contributed by atoms with van der Waals surface area (Å²) in [7, 11) is 0. The Kier molecular flexibility index (Phi) is 7.24. The first-order chi connectivity index (χ1) is 14.3. The number of nitrogen functional groups attached to an aromatic ring is 1. The number of imidazole rings is 1. The van der Waals surface area contributed by atoms with Crippen LogP contribution in [0, 0.1) is 5.92 Å². The van der Waals surface area contributed by atoms with Crippen LogP contribution < -0.4 is 10.5 Å². The Labute approximate surface area is 175 Å². The molecule has 0 aliphatic carbocycles. The molecule has 0 amide bonds. The molecule has 2 aromatic rings. The van der Waals surface area contributed by atoms with E-state index in [1.54, 1.807) is 0 Å². The van der Waals surface area contributed by atoms with Crippen LogP contribution in [-0.4, -0.2) is 66.4 Å². The fourth-order valence-corrected chi connectivity index (χ4v) is 3.43. The molecule has 1 aliphatic heterocycles. The normalized spacial score (nSPS) is 24.9. The lowest BCUT2D eigenvalue weighted by atomic mass is 10.0. The molecule has 166 valence electrons. The van der Waals surface area contributed by atoms with Gasteiger partial charge in [0.2, 0.25) is 0 Å². The molecule has 10 heteroatoms. The standard InChI is InChI=1S/C20H31N5O5/c1-11(2)5-4-6-12(3)7-8-29-20-23-17(21)14-18(24-20)25(10-22-14)19-16(28)15(27)13(9-26)30-19/h5,10,12-13,15-16,19,26-28H,4,6-9H2,1-3H3,(H2,21,23,24)/t12-,13+,15+,16+,19+/m0/s1. The van der Waals surface area contributed by atoms with E-state index in [0.29, 0.717) is 23.7 Å². The van der Waals surface area contributed by atoms with E-state index in [4.69, 9.17) is 15.2 Å². The zero-order valence-corrected chi connectivity index (χ0v) is 17.6. The van der Waals surface area contributed by atoms with Crippen molar-refractivity contribution in [1.29, 1.82) is 0 Å². The van der Waals surface area contributed by atoms with Crippen molar-refractivity contribution in [3.8, 4) is 6.01 Å². The van der Waals surface area contributed by atoms with Crippen LogP contribution in [-0.2, 0) is 4.74 Å². The van der Waals surface area contributed by atoms with Crippen LogP contribution in [0.25, 0.3) is 11.2 Å². The number of nitrogens with zero attached hydrogens (tertiary/aromatic N) is 4. The number of allylic oxidation sites excluding steroid dienone is 2. The SMILES string of the molecule is CC(C)=CCC[C@H](C)CCOc1nc(N)c2ncn([C@@H]3O[C@H](CO)[C@@H](O)[C@H]3O)c2n1. The maximum absolute atomic E-state index is 10.3. The van der Waals surface area contributed by atoms with E-state index in [1.807, 2.05) is 0 Å². The Morgan fingerprint density at radius 3 is 2.73 bits per heavy atom. The fourth-order valence-electron chi connectivity index (χ4n) is 3.43. The maximum Gasteiger partial charge on any atom is 0.320 e. The van der Waals surface area contributed by atoms with Crippen LogP contribution in [0.1, 0.15) is 46.3 Å². The average Bonchev–Trinajstić information content (AvgIpc) is 3.23. The van der Waals surface area contributed by atoms with Crippen molar-refractivity contribution in [2.45, 2.75) is 64.6 Å². The number of nitrogens with two attached hydrogens (primary N) is 1. The first-order valence-electron chi connectivity index (χ1n) is 10.2. The van der Waals surface area contributed by atoms with Crippen LogP contribution in [0.2, 0.25) is 0 Å². The predicted octanol–water partition coefficient (Wildman–Crippen LogP) is 1.17. The summed E-state index contributed by atoms with van der Waals surface area (Å²) >= 11 is 0. The first-order valence-corrected chi connectivity index (χ1v) is 10.2. The second kappa shape index (κ2) is 9.69. The van der Waals surface area contributed by atoms with E-state index in [9.17, 15) is 15.3 Å². The molecule has 0 spiro atoms. The molecule has 10 nitrogen and oxygen atoms in total. The van der Waals surface area contributed by atoms with Gasteiger partial charge >= 0.3 is 6.01 Å². The monoisotopic (exact) mass is 421 g/mol. The highest BCUT2D eigenvalue weighted by molar-refractivity contribution is 5.82. The summed E-state index contributed by atoms with van der Waals surface area (Å²) < 4.78 is 12.7. The van der Waals surface area contributed by atoms with Crippen LogP contribution in [0.15, 0.2) is 18.0 Å². The third-order valence-electron chi connectivity index (χ3n) is 5.27. The number of hydrogen-bond acceptors (Lipinski definition) is 9. The fraction of sp³-hybridized carbons (Fsp3) is 0.650. The van der Waals surface area contributed by atoms with Gasteiger partial charge in [-0.25, -0.2) is 4.98 Å². The molecule has 1 fully saturated rings. The van der Waals surface area contributed by atoms with Gasteiger partial charge in [-0.2, -0.15) is 9.97 Å². The predicted molar refractivity (Wildman–Crippen MR) is 111 cm³/mol. The Balaban J connectivity index is 1.69. The van der Waals surface area contributed by atoms with Gasteiger partial charge in [0, 0.05) is 0 Å². The molecule has 1 saturated heterocycles. The quantitative estimate of drug-likeness (QED) is 0.438. The van der Waals surface area contributed by atoms with Crippen LogP contribution in [0.4, 0.5) is 5.82 Å². The van der Waals surface area contributed by atoms with E-state index in [-0.39, 0.29) is 11.8 Å². The number of ether oxygens (including phenoxy) is 2. The highest BCUT2D eigenvalue weighted by atomic mass is 16.6. The van der Waals surface area contributed by atoms with Crippen LogP contribution in [0.3, 0.4) is 0 Å². The lowest BCUT2D eigenvalue weighted by molar-refractivity contribution is -0.0511. The minimum atomic E-state index is -1.25. The Morgan fingerprint density at radius 2 is 2.07 bits per heavy atom. The molecule has 0 bridgehead atoms. The molecule has 0 aromatic carbocycles. The van der Waals surface area contributed by atoms with Crippen LogP contribution >= 0.6 is 0 Å². The van der Waals surface area contributed by atoms with E-state index in [2.05, 4.69) is 41.8 Å². The van der Waals surface area contributed by atoms with E-state index in [0.717, 1.165) is 19.3 Å². The van der Waals surface area contributed by atoms with Crippen molar-refractivity contribution in [3.05, 3.63) is 18.0 Å². The van der Waals surface area contributed by atoms with Gasteiger partial charge in [0.05, 0.1) is 19.5 Å². The number of aromatic nitrogens is 4. The van der Waals surface area contributed by atoms with Gasteiger partial charge in [-0.15, -0.1) is 0 Å². The molecule has 3 heterocycles. The molecule has 5 atom stereocenters. The molecule has 2 aromatic heterocycles. The summed E-state index contributed by atoms with van der Waals surface area (Å²) in [5, 5.41) is 29.6. The largest absolute Gasteiger partial charge is 0.463 e. The summed E-state index contributed by atoms with van der Waals surface area (Å²) in [6.45, 7) is 6.40. The Bertz CT molecular complexity index is 882. The smallest absolute Gasteiger partial charge is 0.320 e. The van der Waals surface area contributed by atoms with Gasteiger partial charge in [-0.1, -0.05) is 18.6 Å². The molecular formula is C20H31N5O5. The zero-order valence-electron chi connectivity index (χ0n) is 17.6. The highest BCUT2D eigenvalue weighted by Gasteiger charge is 2.44. The lowest BCUT2D eigenvalue weighted by Crippen LogP contribution is -2.33. The number of rotatable bonds is 9. The van der Waals surface area contributed by atoms with E-state index >= 15 is 0 Å². The molecule has 0 unspecified atom stereocenters. The van der Waals surface area contributed by atoms with Gasteiger partial charge in [-0.3, -0.25) is 4.57 Å². The summed E-state index contributed by atoms with van der Waals surface area (Å²) in [6, 6.07) is 0.116. The van der Waals surface area contributed by atoms with Crippen molar-refractivity contribution in [1.82, 2.24) is 19.5 Å².